The van der Waals surface area contributed by atoms with Gasteiger partial charge in [-0.25, -0.2) is 0 Å². The van der Waals surface area contributed by atoms with Crippen molar-refractivity contribution < 1.29 is 4.74 Å². The minimum absolute atomic E-state index is 0.0251. The van der Waals surface area contributed by atoms with Crippen molar-refractivity contribution in [3.8, 4) is 33.0 Å². The smallest absolute Gasteiger partial charge is 0.148 e. The van der Waals surface area contributed by atoms with E-state index in [-0.39, 0.29) is 6.10 Å². The Hall–Kier alpha value is -2.71. The largest absolute Gasteiger partial charge is 0.490 e. The lowest BCUT2D eigenvalue weighted by Crippen LogP contribution is -2.06. The van der Waals surface area contributed by atoms with E-state index < -0.39 is 0 Å². The number of rotatable bonds is 4. The van der Waals surface area contributed by atoms with Crippen molar-refractivity contribution >= 4 is 11.3 Å². The van der Waals surface area contributed by atoms with Crippen molar-refractivity contribution in [2.75, 3.05) is 0 Å². The van der Waals surface area contributed by atoms with Gasteiger partial charge in [-0.15, -0.1) is 10.2 Å². The molecule has 0 amide bonds. The summed E-state index contributed by atoms with van der Waals surface area (Å²) < 4.78 is 5.71. The van der Waals surface area contributed by atoms with Crippen molar-refractivity contribution in [2.45, 2.75) is 39.2 Å². The Bertz CT molecular complexity index is 1020. The molecule has 0 saturated carbocycles. The second-order valence-electron chi connectivity index (χ2n) is 6.87. The van der Waals surface area contributed by atoms with Crippen LogP contribution in [0.4, 0.5) is 0 Å². The normalized spacial score (nSPS) is 13.3. The van der Waals surface area contributed by atoms with Crippen LogP contribution in [-0.4, -0.2) is 16.3 Å². The molecule has 0 N–H and O–H groups in total. The van der Waals surface area contributed by atoms with Crippen LogP contribution in [0.2, 0.25) is 0 Å². The van der Waals surface area contributed by atoms with E-state index in [2.05, 4.69) is 40.9 Å². The topological polar surface area (TPSA) is 58.8 Å². The fourth-order valence-corrected chi connectivity index (χ4v) is 4.26. The van der Waals surface area contributed by atoms with E-state index in [9.17, 15) is 5.26 Å². The van der Waals surface area contributed by atoms with E-state index in [0.717, 1.165) is 28.4 Å². The van der Waals surface area contributed by atoms with E-state index in [4.69, 9.17) is 4.74 Å². The first-order valence-corrected chi connectivity index (χ1v) is 9.97. The quantitative estimate of drug-likeness (QED) is 0.612. The minimum Gasteiger partial charge on any atom is -0.490 e. The van der Waals surface area contributed by atoms with Gasteiger partial charge in [-0.2, -0.15) is 5.26 Å². The van der Waals surface area contributed by atoms with E-state index in [1.807, 2.05) is 32.0 Å². The lowest BCUT2D eigenvalue weighted by molar-refractivity contribution is 0.242. The van der Waals surface area contributed by atoms with Crippen LogP contribution in [0.3, 0.4) is 0 Å². The summed E-state index contributed by atoms with van der Waals surface area (Å²) in [7, 11) is 0. The molecule has 1 aromatic heterocycles. The molecule has 0 saturated heterocycles. The predicted octanol–water partition coefficient (Wildman–Crippen LogP) is 5.42. The highest BCUT2D eigenvalue weighted by molar-refractivity contribution is 7.17. The highest BCUT2D eigenvalue weighted by Crippen LogP contribution is 2.36. The summed E-state index contributed by atoms with van der Waals surface area (Å²) in [6.45, 7) is 3.90. The molecule has 0 atom stereocenters. The van der Waals surface area contributed by atoms with Crippen molar-refractivity contribution in [1.82, 2.24) is 10.2 Å². The Balaban J connectivity index is 1.69. The molecule has 27 heavy (non-hydrogen) atoms. The summed E-state index contributed by atoms with van der Waals surface area (Å²) in [5, 5.41) is 20.0. The predicted molar refractivity (Wildman–Crippen MR) is 108 cm³/mol. The van der Waals surface area contributed by atoms with Gasteiger partial charge in [-0.1, -0.05) is 29.5 Å². The fourth-order valence-electron chi connectivity index (χ4n) is 3.37. The van der Waals surface area contributed by atoms with Crippen LogP contribution in [0.1, 0.15) is 43.4 Å². The SMILES string of the molecule is CC(C)Oc1ccc(-c2nnc(-c3cccc4c3CCC[CH]4)s2)cc1C#N. The molecule has 1 radical (unpaired) electrons. The van der Waals surface area contributed by atoms with Gasteiger partial charge in [0, 0.05) is 11.1 Å². The van der Waals surface area contributed by atoms with Crippen molar-refractivity contribution in [3.63, 3.8) is 0 Å². The monoisotopic (exact) mass is 374 g/mol. The Morgan fingerprint density at radius 2 is 2.00 bits per heavy atom. The van der Waals surface area contributed by atoms with Crippen LogP contribution in [0.25, 0.3) is 21.1 Å². The number of benzene rings is 2. The van der Waals surface area contributed by atoms with Crippen LogP contribution in [-0.2, 0) is 6.42 Å². The Kier molecular flexibility index (Phi) is 4.91. The van der Waals surface area contributed by atoms with Gasteiger partial charge in [0.2, 0.25) is 0 Å². The van der Waals surface area contributed by atoms with E-state index in [0.29, 0.717) is 11.3 Å². The molecular formula is C22H20N3OS. The average molecular weight is 374 g/mol. The summed E-state index contributed by atoms with van der Waals surface area (Å²) in [5.74, 6) is 0.605. The maximum atomic E-state index is 9.45. The van der Waals surface area contributed by atoms with E-state index >= 15 is 0 Å². The van der Waals surface area contributed by atoms with Crippen molar-refractivity contribution in [1.29, 1.82) is 5.26 Å². The Labute approximate surface area is 163 Å². The second kappa shape index (κ2) is 7.50. The third-order valence-corrected chi connectivity index (χ3v) is 5.58. The van der Waals surface area contributed by atoms with Gasteiger partial charge in [0.25, 0.3) is 0 Å². The molecule has 4 rings (SSSR count). The first-order chi connectivity index (χ1) is 13.2. The molecule has 1 aliphatic rings. The van der Waals surface area contributed by atoms with Gasteiger partial charge in [0.05, 0.1) is 11.7 Å². The van der Waals surface area contributed by atoms with Gasteiger partial charge in [0.1, 0.15) is 21.8 Å². The number of hydrogen-bond acceptors (Lipinski definition) is 5. The standard InChI is InChI=1S/C22H20N3OS/c1-14(2)26-20-11-10-16(12-17(20)13-23)21-24-25-22(27-21)19-9-5-7-15-6-3-4-8-18(15)19/h5-7,9-12,14H,3-4,8H2,1-2H3. The van der Waals surface area contributed by atoms with Crippen LogP contribution in [0.5, 0.6) is 5.75 Å². The number of aromatic nitrogens is 2. The Morgan fingerprint density at radius 1 is 1.15 bits per heavy atom. The summed E-state index contributed by atoms with van der Waals surface area (Å²) >= 11 is 1.56. The van der Waals surface area contributed by atoms with Crippen LogP contribution < -0.4 is 4.74 Å². The first-order valence-electron chi connectivity index (χ1n) is 9.16. The average Bonchev–Trinajstić information content (AvgIpc) is 3.17. The number of fused-ring (bicyclic) bond motifs is 1. The number of hydrogen-bond donors (Lipinski definition) is 0. The van der Waals surface area contributed by atoms with Gasteiger partial charge in [-0.05, 0) is 68.9 Å². The van der Waals surface area contributed by atoms with E-state index in [1.54, 1.807) is 11.3 Å². The summed E-state index contributed by atoms with van der Waals surface area (Å²) in [5.41, 5.74) is 5.27. The molecule has 0 aliphatic heterocycles. The lowest BCUT2D eigenvalue weighted by Gasteiger charge is -2.17. The first kappa shape index (κ1) is 17.7. The lowest BCUT2D eigenvalue weighted by atomic mass is 9.88. The summed E-state index contributed by atoms with van der Waals surface area (Å²) in [4.78, 5) is 0. The molecule has 3 aromatic rings. The third-order valence-electron chi connectivity index (χ3n) is 4.57. The molecular weight excluding hydrogens is 354 g/mol. The number of ether oxygens (including phenoxy) is 1. The summed E-state index contributed by atoms with van der Waals surface area (Å²) in [6.07, 6.45) is 5.73. The molecule has 0 bridgehead atoms. The van der Waals surface area contributed by atoms with Crippen molar-refractivity contribution in [2.24, 2.45) is 0 Å². The zero-order valence-electron chi connectivity index (χ0n) is 15.4. The molecule has 2 aromatic carbocycles. The molecule has 135 valence electrons. The highest BCUT2D eigenvalue weighted by Gasteiger charge is 2.18. The van der Waals surface area contributed by atoms with E-state index in [1.165, 1.54) is 23.1 Å². The zero-order valence-corrected chi connectivity index (χ0v) is 16.2. The maximum absolute atomic E-state index is 9.45. The molecule has 0 unspecified atom stereocenters. The van der Waals surface area contributed by atoms with Crippen LogP contribution >= 0.6 is 11.3 Å². The Morgan fingerprint density at radius 3 is 2.81 bits per heavy atom. The summed E-state index contributed by atoms with van der Waals surface area (Å²) in [6, 6.07) is 14.2. The molecule has 0 spiro atoms. The van der Waals surface area contributed by atoms with Gasteiger partial charge >= 0.3 is 0 Å². The van der Waals surface area contributed by atoms with Gasteiger partial charge < -0.3 is 4.74 Å². The third kappa shape index (κ3) is 3.58. The fraction of sp³-hybridized carbons (Fsp3) is 0.273. The zero-order chi connectivity index (χ0) is 18.8. The molecule has 4 nitrogen and oxygen atoms in total. The number of nitrogens with zero attached hydrogens (tertiary/aromatic N) is 3. The second-order valence-corrected chi connectivity index (χ2v) is 7.85. The number of nitriles is 1. The molecule has 0 fully saturated rings. The van der Waals surface area contributed by atoms with Gasteiger partial charge in [0.15, 0.2) is 0 Å². The van der Waals surface area contributed by atoms with Crippen molar-refractivity contribution in [3.05, 3.63) is 59.5 Å². The molecule has 1 aliphatic carbocycles. The van der Waals surface area contributed by atoms with Crippen LogP contribution in [0.15, 0.2) is 36.4 Å². The minimum atomic E-state index is 0.0251. The van der Waals surface area contributed by atoms with Gasteiger partial charge in [-0.3, -0.25) is 0 Å². The van der Waals surface area contributed by atoms with Crippen LogP contribution in [0, 0.1) is 17.8 Å². The molecule has 1 heterocycles. The highest BCUT2D eigenvalue weighted by atomic mass is 32.1. The maximum Gasteiger partial charge on any atom is 0.148 e. The molecule has 5 heteroatoms.